The maximum atomic E-state index is 5.96. The van der Waals surface area contributed by atoms with Crippen LogP contribution in [0.5, 0.6) is 0 Å². The van der Waals surface area contributed by atoms with Crippen molar-refractivity contribution in [2.45, 2.75) is 0 Å². The average Bonchev–Trinajstić information content (AvgIpc) is 2.48. The summed E-state index contributed by atoms with van der Waals surface area (Å²) in [4.78, 5) is 3.02. The summed E-state index contributed by atoms with van der Waals surface area (Å²) in [5.41, 5.74) is 0.871. The van der Waals surface area contributed by atoms with Gasteiger partial charge in [-0.2, -0.15) is 0 Å². The Balaban J connectivity index is 2.97. The van der Waals surface area contributed by atoms with Gasteiger partial charge in [0.15, 0.2) is 0 Å². The highest BCUT2D eigenvalue weighted by molar-refractivity contribution is 9.10. The number of rotatable bonds is 0. The molecule has 0 fully saturated rings. The highest BCUT2D eigenvalue weighted by Crippen LogP contribution is 2.34. The zero-order valence-corrected chi connectivity index (χ0v) is 8.96. The lowest BCUT2D eigenvalue weighted by atomic mass is 10.2. The SMILES string of the molecule is Clc1cc(Br)c2cc[nH]c2c1Cl. The second-order valence-corrected chi connectivity index (χ2v) is 4.06. The normalized spacial score (nSPS) is 10.9. The molecule has 4 heteroatoms. The van der Waals surface area contributed by atoms with Crippen molar-refractivity contribution < 1.29 is 0 Å². The number of benzene rings is 1. The topological polar surface area (TPSA) is 15.8 Å². The quantitative estimate of drug-likeness (QED) is 0.686. The monoisotopic (exact) mass is 263 g/mol. The van der Waals surface area contributed by atoms with Crippen molar-refractivity contribution in [2.24, 2.45) is 0 Å². The summed E-state index contributed by atoms with van der Waals surface area (Å²) in [6.07, 6.45) is 1.83. The van der Waals surface area contributed by atoms with Gasteiger partial charge < -0.3 is 4.98 Å². The lowest BCUT2D eigenvalue weighted by Crippen LogP contribution is -1.74. The van der Waals surface area contributed by atoms with Gasteiger partial charge in [0, 0.05) is 16.1 Å². The smallest absolute Gasteiger partial charge is 0.0833 e. The molecule has 2 aromatic rings. The number of hydrogen-bond donors (Lipinski definition) is 1. The number of H-pyrrole nitrogens is 1. The highest BCUT2D eigenvalue weighted by Gasteiger charge is 2.07. The lowest BCUT2D eigenvalue weighted by molar-refractivity contribution is 1.48. The molecule has 0 atom stereocenters. The van der Waals surface area contributed by atoms with Crippen molar-refractivity contribution in [1.82, 2.24) is 4.98 Å². The van der Waals surface area contributed by atoms with Crippen molar-refractivity contribution in [1.29, 1.82) is 0 Å². The maximum Gasteiger partial charge on any atom is 0.0833 e. The average molecular weight is 265 g/mol. The molecule has 0 aliphatic carbocycles. The lowest BCUT2D eigenvalue weighted by Gasteiger charge is -1.99. The van der Waals surface area contributed by atoms with Crippen molar-refractivity contribution >= 4 is 50.0 Å². The van der Waals surface area contributed by atoms with Crippen LogP contribution in [0.3, 0.4) is 0 Å². The Bertz CT molecular complexity index is 436. The molecule has 0 aliphatic heterocycles. The van der Waals surface area contributed by atoms with Crippen LogP contribution in [-0.4, -0.2) is 4.98 Å². The minimum atomic E-state index is 0.554. The second kappa shape index (κ2) is 2.95. The number of aromatic amines is 1. The Labute approximate surface area is 87.8 Å². The van der Waals surface area contributed by atoms with Gasteiger partial charge in [0.05, 0.1) is 15.6 Å². The molecule has 62 valence electrons. The molecule has 2 rings (SSSR count). The Morgan fingerprint density at radius 1 is 1.33 bits per heavy atom. The highest BCUT2D eigenvalue weighted by atomic mass is 79.9. The van der Waals surface area contributed by atoms with Crippen LogP contribution < -0.4 is 0 Å². The maximum absolute atomic E-state index is 5.96. The fourth-order valence-corrected chi connectivity index (χ4v) is 2.23. The van der Waals surface area contributed by atoms with Gasteiger partial charge in [0.1, 0.15) is 0 Å². The molecular formula is C8H4BrCl2N. The second-order valence-electron chi connectivity index (χ2n) is 2.42. The van der Waals surface area contributed by atoms with Gasteiger partial charge in [-0.25, -0.2) is 0 Å². The van der Waals surface area contributed by atoms with Crippen LogP contribution in [0, 0.1) is 0 Å². The van der Waals surface area contributed by atoms with E-state index in [-0.39, 0.29) is 0 Å². The summed E-state index contributed by atoms with van der Waals surface area (Å²) in [7, 11) is 0. The molecule has 12 heavy (non-hydrogen) atoms. The van der Waals surface area contributed by atoms with Crippen LogP contribution in [0.25, 0.3) is 10.9 Å². The summed E-state index contributed by atoms with van der Waals surface area (Å²) >= 11 is 15.2. The first-order chi connectivity index (χ1) is 5.70. The van der Waals surface area contributed by atoms with Gasteiger partial charge in [0.2, 0.25) is 0 Å². The van der Waals surface area contributed by atoms with Gasteiger partial charge in [-0.1, -0.05) is 39.1 Å². The predicted octanol–water partition coefficient (Wildman–Crippen LogP) is 4.24. The Kier molecular flexibility index (Phi) is 2.07. The van der Waals surface area contributed by atoms with Gasteiger partial charge in [-0.05, 0) is 12.1 Å². The third kappa shape index (κ3) is 1.15. The van der Waals surface area contributed by atoms with E-state index in [4.69, 9.17) is 23.2 Å². The van der Waals surface area contributed by atoms with E-state index < -0.39 is 0 Å². The molecule has 1 nitrogen and oxygen atoms in total. The van der Waals surface area contributed by atoms with Crippen molar-refractivity contribution in [3.63, 3.8) is 0 Å². The number of aromatic nitrogens is 1. The van der Waals surface area contributed by atoms with Gasteiger partial charge in [0.25, 0.3) is 0 Å². The fraction of sp³-hybridized carbons (Fsp3) is 0. The van der Waals surface area contributed by atoms with E-state index in [1.165, 1.54) is 0 Å². The Morgan fingerprint density at radius 3 is 2.83 bits per heavy atom. The summed E-state index contributed by atoms with van der Waals surface area (Å²) in [5, 5.41) is 2.17. The van der Waals surface area contributed by atoms with Crippen LogP contribution in [-0.2, 0) is 0 Å². The molecule has 0 amide bonds. The van der Waals surface area contributed by atoms with Gasteiger partial charge in [-0.3, -0.25) is 0 Å². The zero-order chi connectivity index (χ0) is 8.72. The van der Waals surface area contributed by atoms with E-state index in [1.807, 2.05) is 12.3 Å². The molecule has 0 radical (unpaired) electrons. The molecule has 0 saturated carbocycles. The number of halogens is 3. The van der Waals surface area contributed by atoms with E-state index in [9.17, 15) is 0 Å². The predicted molar refractivity (Wildman–Crippen MR) is 56.0 cm³/mol. The molecule has 0 saturated heterocycles. The Morgan fingerprint density at radius 2 is 2.08 bits per heavy atom. The van der Waals surface area contributed by atoms with Gasteiger partial charge >= 0.3 is 0 Å². The first-order valence-electron chi connectivity index (χ1n) is 3.30. The third-order valence-electron chi connectivity index (χ3n) is 1.69. The molecule has 0 bridgehead atoms. The molecular weight excluding hydrogens is 261 g/mol. The van der Waals surface area contributed by atoms with E-state index in [1.54, 1.807) is 6.07 Å². The molecule has 1 N–H and O–H groups in total. The van der Waals surface area contributed by atoms with Crippen LogP contribution in [0.4, 0.5) is 0 Å². The molecule has 1 aromatic carbocycles. The fourth-order valence-electron chi connectivity index (χ4n) is 1.12. The van der Waals surface area contributed by atoms with E-state index in [0.717, 1.165) is 15.4 Å². The van der Waals surface area contributed by atoms with Crippen LogP contribution in [0.2, 0.25) is 10.0 Å². The van der Waals surface area contributed by atoms with E-state index in [0.29, 0.717) is 10.0 Å². The summed E-state index contributed by atoms with van der Waals surface area (Å²) < 4.78 is 0.952. The first kappa shape index (κ1) is 8.42. The minimum Gasteiger partial charge on any atom is -0.360 e. The minimum absolute atomic E-state index is 0.554. The standard InChI is InChI=1S/C8H4BrCl2N/c9-5-3-6(10)7(11)8-4(5)1-2-12-8/h1-3,12H. The largest absolute Gasteiger partial charge is 0.360 e. The third-order valence-corrected chi connectivity index (χ3v) is 3.13. The molecule has 1 aromatic heterocycles. The van der Waals surface area contributed by atoms with Crippen molar-refractivity contribution in [3.8, 4) is 0 Å². The number of hydrogen-bond acceptors (Lipinski definition) is 0. The van der Waals surface area contributed by atoms with Crippen molar-refractivity contribution in [2.75, 3.05) is 0 Å². The zero-order valence-electron chi connectivity index (χ0n) is 5.87. The first-order valence-corrected chi connectivity index (χ1v) is 4.85. The number of nitrogens with one attached hydrogen (secondary N) is 1. The molecule has 0 spiro atoms. The molecule has 0 aliphatic rings. The summed E-state index contributed by atoms with van der Waals surface area (Å²) in [5.74, 6) is 0. The van der Waals surface area contributed by atoms with Crippen LogP contribution >= 0.6 is 39.1 Å². The van der Waals surface area contributed by atoms with Crippen molar-refractivity contribution in [3.05, 3.63) is 32.8 Å². The molecule has 0 unspecified atom stereocenters. The Hall–Kier alpha value is -0.180. The van der Waals surface area contributed by atoms with E-state index in [2.05, 4.69) is 20.9 Å². The summed E-state index contributed by atoms with van der Waals surface area (Å²) in [6.45, 7) is 0. The van der Waals surface area contributed by atoms with Crippen LogP contribution in [0.15, 0.2) is 22.8 Å². The summed E-state index contributed by atoms with van der Waals surface area (Å²) in [6, 6.07) is 3.74. The van der Waals surface area contributed by atoms with E-state index >= 15 is 0 Å². The van der Waals surface area contributed by atoms with Gasteiger partial charge in [-0.15, -0.1) is 0 Å². The molecule has 1 heterocycles. The number of fused-ring (bicyclic) bond motifs is 1. The van der Waals surface area contributed by atoms with Crippen LogP contribution in [0.1, 0.15) is 0 Å².